The fraction of sp³-hybridized carbons (Fsp3) is 0.188. The lowest BCUT2D eigenvalue weighted by Gasteiger charge is -2.18. The number of alkyl halides is 3. The van der Waals surface area contributed by atoms with Gasteiger partial charge in [-0.25, -0.2) is 0 Å². The molecule has 6 heteroatoms. The number of aryl methyl sites for hydroxylation is 1. The van der Waals surface area contributed by atoms with Gasteiger partial charge in [0.25, 0.3) is 0 Å². The van der Waals surface area contributed by atoms with Crippen LogP contribution in [-0.4, -0.2) is 12.3 Å². The Balaban J connectivity index is 2.05. The lowest BCUT2D eigenvalue weighted by molar-refractivity contribution is -0.137. The smallest absolute Gasteiger partial charge is 0.305 e. The van der Waals surface area contributed by atoms with Crippen LogP contribution in [0.15, 0.2) is 53.4 Å². The molecular weight excluding hydrogens is 311 g/mol. The van der Waals surface area contributed by atoms with Gasteiger partial charge >= 0.3 is 6.18 Å². The number of amides is 1. The van der Waals surface area contributed by atoms with Crippen molar-refractivity contribution in [3.63, 3.8) is 0 Å². The highest BCUT2D eigenvalue weighted by atomic mass is 32.2. The molecule has 2 nitrogen and oxygen atoms in total. The second-order valence-corrected chi connectivity index (χ2v) is 5.72. The van der Waals surface area contributed by atoms with E-state index in [4.69, 9.17) is 0 Å². The molecular formula is C16H14F3NOS. The molecule has 2 aromatic carbocycles. The summed E-state index contributed by atoms with van der Waals surface area (Å²) in [7, 11) is 0. The van der Waals surface area contributed by atoms with E-state index in [0.717, 1.165) is 22.6 Å². The van der Waals surface area contributed by atoms with Gasteiger partial charge in [0.15, 0.2) is 0 Å². The van der Waals surface area contributed by atoms with E-state index in [2.05, 4.69) is 0 Å². The summed E-state index contributed by atoms with van der Waals surface area (Å²) in [6.45, 7) is 1.98. The summed E-state index contributed by atoms with van der Waals surface area (Å²) < 4.78 is 37.6. The Kier molecular flexibility index (Phi) is 5.13. The fourth-order valence-corrected chi connectivity index (χ4v) is 2.61. The number of rotatable bonds is 5. The first kappa shape index (κ1) is 16.4. The number of anilines is 1. The zero-order chi connectivity index (χ0) is 16.2. The van der Waals surface area contributed by atoms with Gasteiger partial charge in [-0.1, -0.05) is 17.7 Å². The molecule has 0 aliphatic rings. The predicted molar refractivity (Wildman–Crippen MR) is 81.9 cm³/mol. The minimum Gasteiger partial charge on any atom is -0.305 e. The number of carbonyl (C=O) groups excluding carboxylic acids is 1. The van der Waals surface area contributed by atoms with E-state index in [1.807, 2.05) is 31.2 Å². The van der Waals surface area contributed by atoms with Crippen molar-refractivity contribution in [2.24, 2.45) is 0 Å². The van der Waals surface area contributed by atoms with Crippen molar-refractivity contribution in [3.8, 4) is 0 Å². The van der Waals surface area contributed by atoms with Crippen LogP contribution in [0.4, 0.5) is 18.9 Å². The zero-order valence-corrected chi connectivity index (χ0v) is 12.6. The largest absolute Gasteiger partial charge is 0.416 e. The van der Waals surface area contributed by atoms with Gasteiger partial charge in [-0.3, -0.25) is 4.79 Å². The number of thioether (sulfide) groups is 1. The number of benzene rings is 2. The van der Waals surface area contributed by atoms with Crippen LogP contribution >= 0.6 is 11.8 Å². The molecule has 2 aromatic rings. The third-order valence-corrected chi connectivity index (χ3v) is 4.06. The molecule has 0 aliphatic carbocycles. The van der Waals surface area contributed by atoms with Crippen molar-refractivity contribution in [1.29, 1.82) is 0 Å². The minimum absolute atomic E-state index is 0.331. The topological polar surface area (TPSA) is 20.3 Å². The first-order valence-corrected chi connectivity index (χ1v) is 7.47. The van der Waals surface area contributed by atoms with E-state index in [9.17, 15) is 18.0 Å². The molecule has 0 unspecified atom stereocenters. The lowest BCUT2D eigenvalue weighted by Crippen LogP contribution is -2.20. The van der Waals surface area contributed by atoms with Gasteiger partial charge in [0, 0.05) is 10.6 Å². The molecule has 0 spiro atoms. The summed E-state index contributed by atoms with van der Waals surface area (Å²) in [6, 6.07) is 12.4. The van der Waals surface area contributed by atoms with Gasteiger partial charge in [0.2, 0.25) is 6.41 Å². The van der Waals surface area contributed by atoms with Gasteiger partial charge < -0.3 is 4.90 Å². The Hall–Kier alpha value is -1.95. The molecule has 22 heavy (non-hydrogen) atoms. The van der Waals surface area contributed by atoms with E-state index in [-0.39, 0.29) is 0 Å². The molecule has 0 atom stereocenters. The molecule has 0 saturated heterocycles. The van der Waals surface area contributed by atoms with Crippen molar-refractivity contribution in [2.45, 2.75) is 18.0 Å². The summed E-state index contributed by atoms with van der Waals surface area (Å²) >= 11 is 1.44. The second-order valence-electron chi connectivity index (χ2n) is 4.71. The average Bonchev–Trinajstić information content (AvgIpc) is 2.49. The third kappa shape index (κ3) is 4.27. The van der Waals surface area contributed by atoms with Crippen LogP contribution in [0.25, 0.3) is 0 Å². The van der Waals surface area contributed by atoms with E-state index < -0.39 is 11.7 Å². The van der Waals surface area contributed by atoms with Crippen LogP contribution in [0, 0.1) is 6.92 Å². The van der Waals surface area contributed by atoms with Crippen LogP contribution in [-0.2, 0) is 11.0 Å². The monoisotopic (exact) mass is 325 g/mol. The molecule has 0 aromatic heterocycles. The quantitative estimate of drug-likeness (QED) is 0.450. The molecule has 0 bridgehead atoms. The number of carbonyl (C=O) groups is 1. The van der Waals surface area contributed by atoms with Crippen molar-refractivity contribution in [3.05, 3.63) is 59.7 Å². The van der Waals surface area contributed by atoms with Gasteiger partial charge in [0.05, 0.1) is 11.4 Å². The van der Waals surface area contributed by atoms with Gasteiger partial charge in [0.1, 0.15) is 0 Å². The Bertz CT molecular complexity index is 623. The number of hydrogen-bond donors (Lipinski definition) is 0. The van der Waals surface area contributed by atoms with E-state index in [0.29, 0.717) is 18.0 Å². The molecule has 0 fully saturated rings. The maximum Gasteiger partial charge on any atom is 0.416 e. The average molecular weight is 325 g/mol. The number of nitrogens with zero attached hydrogens (tertiary/aromatic N) is 1. The molecule has 0 N–H and O–H groups in total. The molecule has 1 amide bonds. The van der Waals surface area contributed by atoms with Crippen molar-refractivity contribution >= 4 is 23.9 Å². The highest BCUT2D eigenvalue weighted by Gasteiger charge is 2.30. The Morgan fingerprint density at radius 2 is 1.64 bits per heavy atom. The van der Waals surface area contributed by atoms with Gasteiger partial charge in [-0.15, -0.1) is 11.8 Å². The Morgan fingerprint density at radius 3 is 2.14 bits per heavy atom. The summed E-state index contributed by atoms with van der Waals surface area (Å²) in [4.78, 5) is 13.5. The second kappa shape index (κ2) is 6.87. The SMILES string of the molecule is Cc1ccc(SCN(C=O)c2ccc(C(F)(F)F)cc2)cc1. The summed E-state index contributed by atoms with van der Waals surface area (Å²) in [6.07, 6.45) is -3.76. The number of halogens is 3. The minimum atomic E-state index is -4.37. The fourth-order valence-electron chi connectivity index (χ4n) is 1.79. The molecule has 2 rings (SSSR count). The highest BCUT2D eigenvalue weighted by molar-refractivity contribution is 7.99. The summed E-state index contributed by atoms with van der Waals surface area (Å²) in [5, 5.41) is 0. The van der Waals surface area contributed by atoms with Crippen LogP contribution in [0.2, 0.25) is 0 Å². The number of hydrogen-bond acceptors (Lipinski definition) is 2. The highest BCUT2D eigenvalue weighted by Crippen LogP contribution is 2.31. The summed E-state index contributed by atoms with van der Waals surface area (Å²) in [5.74, 6) is 0.331. The van der Waals surface area contributed by atoms with Crippen molar-refractivity contribution < 1.29 is 18.0 Å². The van der Waals surface area contributed by atoms with E-state index >= 15 is 0 Å². The maximum absolute atomic E-state index is 12.5. The van der Waals surface area contributed by atoms with Crippen LogP contribution in [0.5, 0.6) is 0 Å². The van der Waals surface area contributed by atoms with Crippen LogP contribution in [0.3, 0.4) is 0 Å². The zero-order valence-electron chi connectivity index (χ0n) is 11.8. The van der Waals surface area contributed by atoms with Crippen molar-refractivity contribution in [1.82, 2.24) is 0 Å². The maximum atomic E-state index is 12.5. The van der Waals surface area contributed by atoms with Crippen LogP contribution in [0.1, 0.15) is 11.1 Å². The summed E-state index contributed by atoms with van der Waals surface area (Å²) in [5.41, 5.74) is 0.843. The van der Waals surface area contributed by atoms with Crippen LogP contribution < -0.4 is 4.90 Å². The normalized spacial score (nSPS) is 11.3. The van der Waals surface area contributed by atoms with Gasteiger partial charge in [-0.2, -0.15) is 13.2 Å². The predicted octanol–water partition coefficient (Wildman–Crippen LogP) is 4.73. The molecule has 0 saturated carbocycles. The Morgan fingerprint density at radius 1 is 1.05 bits per heavy atom. The Labute approximate surface area is 130 Å². The van der Waals surface area contributed by atoms with E-state index in [1.165, 1.54) is 28.8 Å². The van der Waals surface area contributed by atoms with Crippen molar-refractivity contribution in [2.75, 3.05) is 10.8 Å². The molecule has 116 valence electrons. The van der Waals surface area contributed by atoms with E-state index in [1.54, 1.807) is 0 Å². The molecule has 0 heterocycles. The van der Waals surface area contributed by atoms with Gasteiger partial charge in [-0.05, 0) is 43.3 Å². The standard InChI is InChI=1S/C16H14F3NOS/c1-12-2-8-15(9-3-12)22-11-20(10-21)14-6-4-13(5-7-14)16(17,18)19/h2-10H,11H2,1H3. The molecule has 0 aliphatic heterocycles. The first-order valence-electron chi connectivity index (χ1n) is 6.49. The molecule has 0 radical (unpaired) electrons. The lowest BCUT2D eigenvalue weighted by atomic mass is 10.2. The third-order valence-electron chi connectivity index (χ3n) is 3.04. The first-order chi connectivity index (χ1) is 10.4.